The minimum absolute atomic E-state index is 0.230. The van der Waals surface area contributed by atoms with Gasteiger partial charge in [-0.1, -0.05) is 37.1 Å². The topological polar surface area (TPSA) is 82.1 Å². The van der Waals surface area contributed by atoms with Gasteiger partial charge < -0.3 is 19.3 Å². The number of hydrogen-bond donors (Lipinski definition) is 1. The maximum absolute atomic E-state index is 11.7. The Bertz CT molecular complexity index is 828. The number of esters is 2. The second kappa shape index (κ2) is 13.4. The van der Waals surface area contributed by atoms with Crippen molar-refractivity contribution < 1.29 is 28.9 Å². The van der Waals surface area contributed by atoms with Crippen molar-refractivity contribution in [3.63, 3.8) is 0 Å². The Hall–Kier alpha value is -2.86. The van der Waals surface area contributed by atoms with Crippen molar-refractivity contribution in [1.82, 2.24) is 0 Å². The summed E-state index contributed by atoms with van der Waals surface area (Å²) in [5.41, 5.74) is 3.63. The summed E-state index contributed by atoms with van der Waals surface area (Å²) in [5.74, 6) is 0.139. The van der Waals surface area contributed by atoms with Crippen LogP contribution >= 0.6 is 0 Å². The van der Waals surface area contributed by atoms with Crippen molar-refractivity contribution in [1.29, 1.82) is 0 Å². The second-order valence-electron chi connectivity index (χ2n) is 7.33. The standard InChI is InChI=1S/C25H32O6/c1-29-24(27)16-15-22-20(8-5-3-4-6-17-26)9-7-10-23(22)31-18-19-11-13-21(14-12-19)25(28)30-2/h7,9-14,26H,3-6,8,15-18H2,1-2H3. The fourth-order valence-electron chi connectivity index (χ4n) is 3.39. The minimum Gasteiger partial charge on any atom is -0.489 e. The van der Waals surface area contributed by atoms with Crippen LogP contribution in [0.25, 0.3) is 0 Å². The Kier molecular flexibility index (Phi) is 10.6. The van der Waals surface area contributed by atoms with Crippen LogP contribution in [0.15, 0.2) is 42.5 Å². The number of methoxy groups -OCH3 is 2. The van der Waals surface area contributed by atoms with E-state index in [0.717, 1.165) is 49.0 Å². The zero-order valence-electron chi connectivity index (χ0n) is 18.4. The molecule has 0 atom stereocenters. The lowest BCUT2D eigenvalue weighted by Crippen LogP contribution is -2.07. The van der Waals surface area contributed by atoms with E-state index in [9.17, 15) is 9.59 Å². The normalized spacial score (nSPS) is 10.5. The van der Waals surface area contributed by atoms with Gasteiger partial charge in [-0.15, -0.1) is 0 Å². The molecule has 0 saturated heterocycles. The molecule has 0 saturated carbocycles. The molecular weight excluding hydrogens is 396 g/mol. The van der Waals surface area contributed by atoms with Crippen LogP contribution in [0.5, 0.6) is 5.75 Å². The monoisotopic (exact) mass is 428 g/mol. The number of aryl methyl sites for hydroxylation is 1. The van der Waals surface area contributed by atoms with Gasteiger partial charge >= 0.3 is 11.9 Å². The van der Waals surface area contributed by atoms with Crippen LogP contribution in [0.4, 0.5) is 0 Å². The van der Waals surface area contributed by atoms with Gasteiger partial charge in [0.15, 0.2) is 0 Å². The molecule has 0 fully saturated rings. The van der Waals surface area contributed by atoms with Gasteiger partial charge in [0.1, 0.15) is 12.4 Å². The number of ether oxygens (including phenoxy) is 3. The number of hydrogen-bond acceptors (Lipinski definition) is 6. The van der Waals surface area contributed by atoms with Crippen molar-refractivity contribution in [3.05, 3.63) is 64.7 Å². The Morgan fingerprint density at radius 1 is 0.871 bits per heavy atom. The first-order valence-corrected chi connectivity index (χ1v) is 10.7. The van der Waals surface area contributed by atoms with E-state index >= 15 is 0 Å². The smallest absolute Gasteiger partial charge is 0.337 e. The van der Waals surface area contributed by atoms with Gasteiger partial charge in [-0.2, -0.15) is 0 Å². The lowest BCUT2D eigenvalue weighted by atomic mass is 9.96. The molecule has 31 heavy (non-hydrogen) atoms. The van der Waals surface area contributed by atoms with Crippen LogP contribution in [-0.2, 0) is 33.7 Å². The molecule has 0 heterocycles. The van der Waals surface area contributed by atoms with Gasteiger partial charge in [0.05, 0.1) is 19.8 Å². The molecule has 0 aliphatic carbocycles. The minimum atomic E-state index is -0.371. The molecule has 6 nitrogen and oxygen atoms in total. The third-order valence-electron chi connectivity index (χ3n) is 5.16. The van der Waals surface area contributed by atoms with Crippen LogP contribution in [0.1, 0.15) is 59.2 Å². The van der Waals surface area contributed by atoms with Gasteiger partial charge in [0, 0.05) is 13.0 Å². The highest BCUT2D eigenvalue weighted by molar-refractivity contribution is 5.89. The third-order valence-corrected chi connectivity index (χ3v) is 5.16. The van der Waals surface area contributed by atoms with Crippen LogP contribution in [0.3, 0.4) is 0 Å². The van der Waals surface area contributed by atoms with Gasteiger partial charge in [-0.25, -0.2) is 4.79 Å². The fraction of sp³-hybridized carbons (Fsp3) is 0.440. The summed E-state index contributed by atoms with van der Waals surface area (Å²) >= 11 is 0. The Morgan fingerprint density at radius 3 is 2.29 bits per heavy atom. The quantitative estimate of drug-likeness (QED) is 0.379. The van der Waals surface area contributed by atoms with Crippen molar-refractivity contribution in [3.8, 4) is 5.75 Å². The Morgan fingerprint density at radius 2 is 1.61 bits per heavy atom. The molecule has 0 bridgehead atoms. The highest BCUT2D eigenvalue weighted by Crippen LogP contribution is 2.27. The van der Waals surface area contributed by atoms with Crippen molar-refractivity contribution in [2.24, 2.45) is 0 Å². The van der Waals surface area contributed by atoms with Crippen molar-refractivity contribution in [2.75, 3.05) is 20.8 Å². The number of carbonyl (C=O) groups is 2. The summed E-state index contributed by atoms with van der Waals surface area (Å²) in [4.78, 5) is 23.3. The number of aliphatic hydroxyl groups excluding tert-OH is 1. The molecule has 0 radical (unpaired) electrons. The van der Waals surface area contributed by atoms with E-state index in [1.54, 1.807) is 12.1 Å². The maximum Gasteiger partial charge on any atom is 0.337 e. The molecule has 2 rings (SSSR count). The summed E-state index contributed by atoms with van der Waals surface area (Å²) in [5, 5.41) is 8.93. The lowest BCUT2D eigenvalue weighted by molar-refractivity contribution is -0.140. The zero-order chi connectivity index (χ0) is 22.5. The van der Waals surface area contributed by atoms with Gasteiger partial charge in [-0.05, 0) is 60.6 Å². The van der Waals surface area contributed by atoms with E-state index in [-0.39, 0.29) is 18.5 Å². The van der Waals surface area contributed by atoms with Gasteiger partial charge in [0.25, 0.3) is 0 Å². The summed E-state index contributed by atoms with van der Waals surface area (Å²) in [6.45, 7) is 0.584. The molecule has 0 amide bonds. The summed E-state index contributed by atoms with van der Waals surface area (Å²) in [7, 11) is 2.75. The van der Waals surface area contributed by atoms with Gasteiger partial charge in [0.2, 0.25) is 0 Å². The predicted octanol–water partition coefficient (Wildman–Crippen LogP) is 4.25. The first-order valence-electron chi connectivity index (χ1n) is 10.7. The Labute approximate surface area is 184 Å². The molecule has 0 unspecified atom stereocenters. The van der Waals surface area contributed by atoms with Crippen LogP contribution < -0.4 is 4.74 Å². The molecule has 2 aromatic rings. The average molecular weight is 429 g/mol. The molecule has 1 N–H and O–H groups in total. The van der Waals surface area contributed by atoms with E-state index in [0.29, 0.717) is 25.0 Å². The maximum atomic E-state index is 11.7. The molecule has 0 spiro atoms. The molecule has 168 valence electrons. The molecule has 0 aromatic heterocycles. The van der Waals surface area contributed by atoms with Crippen molar-refractivity contribution >= 4 is 11.9 Å². The highest BCUT2D eigenvalue weighted by atomic mass is 16.5. The second-order valence-corrected chi connectivity index (χ2v) is 7.33. The van der Waals surface area contributed by atoms with Crippen LogP contribution in [0.2, 0.25) is 0 Å². The summed E-state index contributed by atoms with van der Waals surface area (Å²) < 4.78 is 15.6. The molecule has 6 heteroatoms. The lowest BCUT2D eigenvalue weighted by Gasteiger charge is -2.16. The highest BCUT2D eigenvalue weighted by Gasteiger charge is 2.13. The van der Waals surface area contributed by atoms with E-state index < -0.39 is 0 Å². The van der Waals surface area contributed by atoms with Crippen LogP contribution in [-0.4, -0.2) is 37.9 Å². The number of benzene rings is 2. The van der Waals surface area contributed by atoms with E-state index in [1.807, 2.05) is 24.3 Å². The average Bonchev–Trinajstić information content (AvgIpc) is 2.81. The molecule has 0 aliphatic rings. The van der Waals surface area contributed by atoms with E-state index in [4.69, 9.17) is 19.3 Å². The first kappa shape index (κ1) is 24.4. The fourth-order valence-corrected chi connectivity index (χ4v) is 3.39. The summed E-state index contributed by atoms with van der Waals surface area (Å²) in [6.07, 6.45) is 5.64. The third kappa shape index (κ3) is 8.06. The molecule has 2 aromatic carbocycles. The molecule has 0 aliphatic heterocycles. The largest absolute Gasteiger partial charge is 0.489 e. The van der Waals surface area contributed by atoms with E-state index in [1.165, 1.54) is 19.8 Å². The van der Waals surface area contributed by atoms with E-state index in [2.05, 4.69) is 6.07 Å². The Balaban J connectivity index is 2.09. The summed E-state index contributed by atoms with van der Waals surface area (Å²) in [6, 6.07) is 13.1. The number of unbranched alkanes of at least 4 members (excludes halogenated alkanes) is 3. The zero-order valence-corrected chi connectivity index (χ0v) is 18.4. The predicted molar refractivity (Wildman–Crippen MR) is 118 cm³/mol. The van der Waals surface area contributed by atoms with Crippen molar-refractivity contribution in [2.45, 2.75) is 51.6 Å². The van der Waals surface area contributed by atoms with Gasteiger partial charge in [-0.3, -0.25) is 4.79 Å². The number of rotatable bonds is 13. The first-order chi connectivity index (χ1) is 15.1. The molecular formula is C25H32O6. The number of aliphatic hydroxyl groups is 1. The van der Waals surface area contributed by atoms with Crippen LogP contribution in [0, 0.1) is 0 Å². The number of carbonyl (C=O) groups excluding carboxylic acids is 2. The SMILES string of the molecule is COC(=O)CCc1c(CCCCCCO)cccc1OCc1ccc(C(=O)OC)cc1.